The van der Waals surface area contributed by atoms with Gasteiger partial charge in [-0.05, 0) is 12.5 Å². The second-order valence-corrected chi connectivity index (χ2v) is 4.74. The average molecular weight is 261 g/mol. The van der Waals surface area contributed by atoms with E-state index in [4.69, 9.17) is 18.0 Å². The molecule has 1 aromatic heterocycles. The maximum absolute atomic E-state index is 6.35. The number of halogens is 1. The van der Waals surface area contributed by atoms with Crippen LogP contribution < -0.4 is 5.32 Å². The molecule has 3 heteroatoms. The van der Waals surface area contributed by atoms with Crippen molar-refractivity contribution in [3.8, 4) is 12.3 Å². The molecule has 1 aromatic carbocycles. The van der Waals surface area contributed by atoms with Gasteiger partial charge in [0.15, 0.2) is 0 Å². The summed E-state index contributed by atoms with van der Waals surface area (Å²) in [5.74, 6) is 2.69. The molecule has 0 radical (unpaired) electrons. The highest BCUT2D eigenvalue weighted by Crippen LogP contribution is 2.27. The maximum Gasteiger partial charge on any atom is 0.0705 e. The Morgan fingerprint density at radius 2 is 2.22 bits per heavy atom. The number of rotatable bonds is 5. The van der Waals surface area contributed by atoms with Crippen LogP contribution in [-0.2, 0) is 6.54 Å². The molecule has 0 spiro atoms. The van der Waals surface area contributed by atoms with Gasteiger partial charge in [-0.2, -0.15) is 0 Å². The summed E-state index contributed by atoms with van der Waals surface area (Å²) in [5, 5.41) is 5.30. The first-order valence-electron chi connectivity index (χ1n) is 6.18. The van der Waals surface area contributed by atoms with Gasteiger partial charge in [0, 0.05) is 35.6 Å². The van der Waals surface area contributed by atoms with Gasteiger partial charge in [0.2, 0.25) is 0 Å². The number of hydrogen-bond acceptors (Lipinski definition) is 1. The maximum atomic E-state index is 6.35. The van der Waals surface area contributed by atoms with Crippen LogP contribution in [0.4, 0.5) is 0 Å². The van der Waals surface area contributed by atoms with E-state index in [2.05, 4.69) is 23.1 Å². The molecule has 2 aromatic rings. The minimum absolute atomic E-state index is 0.345. The molecule has 0 aliphatic rings. The Hall–Kier alpha value is -1.43. The molecule has 1 unspecified atom stereocenters. The van der Waals surface area contributed by atoms with Crippen LogP contribution in [0.5, 0.6) is 0 Å². The van der Waals surface area contributed by atoms with Crippen molar-refractivity contribution in [2.24, 2.45) is 0 Å². The minimum atomic E-state index is 0.345. The van der Waals surface area contributed by atoms with Gasteiger partial charge < -0.3 is 10.3 Å². The highest BCUT2D eigenvalue weighted by Gasteiger charge is 2.10. The van der Waals surface area contributed by atoms with Crippen LogP contribution >= 0.6 is 11.6 Å². The second-order valence-electron chi connectivity index (χ2n) is 4.36. The van der Waals surface area contributed by atoms with E-state index in [0.29, 0.717) is 12.6 Å². The summed E-state index contributed by atoms with van der Waals surface area (Å²) in [6.07, 6.45) is 7.10. The number of benzene rings is 1. The van der Waals surface area contributed by atoms with Gasteiger partial charge in [0.1, 0.15) is 0 Å². The average Bonchev–Trinajstić information content (AvgIpc) is 2.72. The lowest BCUT2D eigenvalue weighted by atomic mass is 10.1. The normalized spacial score (nSPS) is 12.5. The number of fused-ring (bicyclic) bond motifs is 1. The van der Waals surface area contributed by atoms with Crippen LogP contribution in [0, 0.1) is 12.3 Å². The van der Waals surface area contributed by atoms with Crippen molar-refractivity contribution in [3.05, 3.63) is 35.0 Å². The first-order valence-corrected chi connectivity index (χ1v) is 6.56. The number of aromatic amines is 1. The smallest absolute Gasteiger partial charge is 0.0705 e. The Bertz CT molecular complexity index is 565. The van der Waals surface area contributed by atoms with Gasteiger partial charge in [0.05, 0.1) is 5.02 Å². The SMILES string of the molecule is C#CCC(CC)NCc1[nH]c2ccccc2c1Cl. The zero-order valence-electron chi connectivity index (χ0n) is 10.5. The van der Waals surface area contributed by atoms with Crippen LogP contribution in [0.2, 0.25) is 5.02 Å². The monoisotopic (exact) mass is 260 g/mol. The predicted molar refractivity (Wildman–Crippen MR) is 77.7 cm³/mol. The lowest BCUT2D eigenvalue weighted by molar-refractivity contribution is 0.503. The largest absolute Gasteiger partial charge is 0.356 e. The van der Waals surface area contributed by atoms with Crippen molar-refractivity contribution >= 4 is 22.5 Å². The standard InChI is InChI=1S/C15H17ClN2/c1-3-7-11(4-2)17-10-14-15(16)12-8-5-6-9-13(12)18-14/h1,5-6,8-9,11,17-18H,4,7,10H2,2H3. The summed E-state index contributed by atoms with van der Waals surface area (Å²) in [5.41, 5.74) is 2.10. The molecule has 2 nitrogen and oxygen atoms in total. The molecule has 0 saturated heterocycles. The van der Waals surface area contributed by atoms with E-state index in [0.717, 1.165) is 34.5 Å². The predicted octanol–water partition coefficient (Wildman–Crippen LogP) is 3.71. The van der Waals surface area contributed by atoms with Crippen molar-refractivity contribution in [1.82, 2.24) is 10.3 Å². The number of nitrogens with one attached hydrogen (secondary N) is 2. The molecule has 2 N–H and O–H groups in total. The van der Waals surface area contributed by atoms with Gasteiger partial charge in [-0.1, -0.05) is 36.7 Å². The molecular weight excluding hydrogens is 244 g/mol. The third kappa shape index (κ3) is 2.69. The fourth-order valence-electron chi connectivity index (χ4n) is 2.03. The van der Waals surface area contributed by atoms with Gasteiger partial charge in [-0.25, -0.2) is 0 Å². The summed E-state index contributed by atoms with van der Waals surface area (Å²) in [6.45, 7) is 2.84. The quantitative estimate of drug-likeness (QED) is 0.788. The summed E-state index contributed by atoms with van der Waals surface area (Å²) in [7, 11) is 0. The molecule has 1 heterocycles. The van der Waals surface area contributed by atoms with E-state index in [1.54, 1.807) is 0 Å². The van der Waals surface area contributed by atoms with Gasteiger partial charge in [-0.3, -0.25) is 0 Å². The highest BCUT2D eigenvalue weighted by molar-refractivity contribution is 6.36. The van der Waals surface area contributed by atoms with Crippen molar-refractivity contribution in [2.75, 3.05) is 0 Å². The Kier molecular flexibility index (Phi) is 4.30. The Morgan fingerprint density at radius 1 is 1.44 bits per heavy atom. The lowest BCUT2D eigenvalue weighted by Gasteiger charge is -2.13. The lowest BCUT2D eigenvalue weighted by Crippen LogP contribution is -2.27. The van der Waals surface area contributed by atoms with Crippen LogP contribution in [-0.4, -0.2) is 11.0 Å². The van der Waals surface area contributed by atoms with Crippen LogP contribution in [0.25, 0.3) is 10.9 Å². The van der Waals surface area contributed by atoms with Crippen molar-refractivity contribution < 1.29 is 0 Å². The molecular formula is C15H17ClN2. The van der Waals surface area contributed by atoms with Gasteiger partial charge in [0.25, 0.3) is 0 Å². The van der Waals surface area contributed by atoms with Crippen molar-refractivity contribution in [3.63, 3.8) is 0 Å². The summed E-state index contributed by atoms with van der Waals surface area (Å²) >= 11 is 6.35. The minimum Gasteiger partial charge on any atom is -0.356 e. The summed E-state index contributed by atoms with van der Waals surface area (Å²) in [4.78, 5) is 3.34. The van der Waals surface area contributed by atoms with Crippen molar-refractivity contribution in [1.29, 1.82) is 0 Å². The number of para-hydroxylation sites is 1. The first-order chi connectivity index (χ1) is 8.76. The highest BCUT2D eigenvalue weighted by atomic mass is 35.5. The molecule has 0 bridgehead atoms. The van der Waals surface area contributed by atoms with E-state index in [1.165, 1.54) is 0 Å². The fraction of sp³-hybridized carbons (Fsp3) is 0.333. The van der Waals surface area contributed by atoms with Gasteiger partial charge >= 0.3 is 0 Å². The topological polar surface area (TPSA) is 27.8 Å². The van der Waals surface area contributed by atoms with E-state index >= 15 is 0 Å². The molecule has 0 aliphatic heterocycles. The fourth-order valence-corrected chi connectivity index (χ4v) is 2.31. The summed E-state index contributed by atoms with van der Waals surface area (Å²) in [6, 6.07) is 8.39. The van der Waals surface area contributed by atoms with Gasteiger partial charge in [-0.15, -0.1) is 12.3 Å². The first kappa shape index (κ1) is 13.0. The number of hydrogen-bond donors (Lipinski definition) is 2. The molecule has 0 amide bonds. The number of aromatic nitrogens is 1. The van der Waals surface area contributed by atoms with Crippen LogP contribution in [0.15, 0.2) is 24.3 Å². The molecule has 1 atom stereocenters. The molecule has 0 saturated carbocycles. The molecule has 0 fully saturated rings. The van der Waals surface area contributed by atoms with E-state index in [-0.39, 0.29) is 0 Å². The Balaban J connectivity index is 2.12. The number of H-pyrrole nitrogens is 1. The molecule has 18 heavy (non-hydrogen) atoms. The van der Waals surface area contributed by atoms with E-state index < -0.39 is 0 Å². The van der Waals surface area contributed by atoms with Crippen LogP contribution in [0.3, 0.4) is 0 Å². The third-order valence-electron chi connectivity index (χ3n) is 3.14. The molecule has 94 valence electrons. The Morgan fingerprint density at radius 3 is 2.89 bits per heavy atom. The number of terminal acetylenes is 1. The van der Waals surface area contributed by atoms with E-state index in [9.17, 15) is 0 Å². The molecule has 0 aliphatic carbocycles. The van der Waals surface area contributed by atoms with Crippen molar-refractivity contribution in [2.45, 2.75) is 32.4 Å². The Labute approximate surface area is 113 Å². The zero-order valence-corrected chi connectivity index (χ0v) is 11.2. The molecule has 2 rings (SSSR count). The third-order valence-corrected chi connectivity index (χ3v) is 3.57. The zero-order chi connectivity index (χ0) is 13.0. The second kappa shape index (κ2) is 5.95. The van der Waals surface area contributed by atoms with Crippen LogP contribution in [0.1, 0.15) is 25.5 Å². The summed E-state index contributed by atoms with van der Waals surface area (Å²) < 4.78 is 0. The van der Waals surface area contributed by atoms with E-state index in [1.807, 2.05) is 24.3 Å².